The normalized spacial score (nSPS) is 10.6. The molecular weight excluding hydrogens is 308 g/mol. The number of ketones is 1. The van der Waals surface area contributed by atoms with Gasteiger partial charge in [-0.05, 0) is 43.3 Å². The van der Waals surface area contributed by atoms with E-state index in [9.17, 15) is 9.59 Å². The average Bonchev–Trinajstić information content (AvgIpc) is 2.59. The molecule has 0 fully saturated rings. The standard InChI is InChI=1S/C19H16O5/c1-12(20)14-4-7-17(22-2)15(9-14)11-23-16-6-3-13-5-8-19(21)24-18(13)10-16/h3-10H,11H2,1-2H3. The van der Waals surface area contributed by atoms with Crippen molar-refractivity contribution in [2.75, 3.05) is 7.11 Å². The second-order valence-corrected chi connectivity index (χ2v) is 5.33. The van der Waals surface area contributed by atoms with Crippen molar-refractivity contribution >= 4 is 16.8 Å². The van der Waals surface area contributed by atoms with Crippen LogP contribution in [-0.2, 0) is 6.61 Å². The van der Waals surface area contributed by atoms with Gasteiger partial charge in [0.2, 0.25) is 0 Å². The Morgan fingerprint density at radius 3 is 2.62 bits per heavy atom. The molecule has 1 heterocycles. The van der Waals surface area contributed by atoms with Crippen molar-refractivity contribution in [3.63, 3.8) is 0 Å². The van der Waals surface area contributed by atoms with Gasteiger partial charge in [0.15, 0.2) is 5.78 Å². The Hall–Kier alpha value is -3.08. The van der Waals surface area contributed by atoms with E-state index in [1.807, 2.05) is 6.07 Å². The second-order valence-electron chi connectivity index (χ2n) is 5.33. The van der Waals surface area contributed by atoms with Crippen molar-refractivity contribution in [3.8, 4) is 11.5 Å². The molecule has 0 N–H and O–H groups in total. The zero-order chi connectivity index (χ0) is 17.1. The van der Waals surface area contributed by atoms with Crippen molar-refractivity contribution in [2.45, 2.75) is 13.5 Å². The summed E-state index contributed by atoms with van der Waals surface area (Å²) in [6, 6.07) is 13.6. The van der Waals surface area contributed by atoms with E-state index in [0.29, 0.717) is 22.6 Å². The predicted molar refractivity (Wildman–Crippen MR) is 89.8 cm³/mol. The maximum atomic E-state index is 11.5. The number of ether oxygens (including phenoxy) is 2. The van der Waals surface area contributed by atoms with Crippen LogP contribution in [0.25, 0.3) is 11.0 Å². The summed E-state index contributed by atoms with van der Waals surface area (Å²) >= 11 is 0. The van der Waals surface area contributed by atoms with Crippen molar-refractivity contribution in [1.29, 1.82) is 0 Å². The minimum absolute atomic E-state index is 0.0219. The average molecular weight is 324 g/mol. The van der Waals surface area contributed by atoms with Crippen LogP contribution in [0, 0.1) is 0 Å². The fourth-order valence-corrected chi connectivity index (χ4v) is 2.40. The highest BCUT2D eigenvalue weighted by Gasteiger charge is 2.09. The Morgan fingerprint density at radius 1 is 1.08 bits per heavy atom. The molecular formula is C19H16O5. The third-order valence-electron chi connectivity index (χ3n) is 3.68. The van der Waals surface area contributed by atoms with Gasteiger partial charge in [-0.3, -0.25) is 4.79 Å². The summed E-state index contributed by atoms with van der Waals surface area (Å²) < 4.78 is 16.2. The van der Waals surface area contributed by atoms with Gasteiger partial charge in [0.05, 0.1) is 7.11 Å². The summed E-state index contributed by atoms with van der Waals surface area (Å²) in [4.78, 5) is 22.8. The van der Waals surface area contributed by atoms with E-state index in [1.54, 1.807) is 43.5 Å². The highest BCUT2D eigenvalue weighted by atomic mass is 16.5. The monoisotopic (exact) mass is 324 g/mol. The molecule has 0 atom stereocenters. The third-order valence-corrected chi connectivity index (χ3v) is 3.68. The van der Waals surface area contributed by atoms with Gasteiger partial charge < -0.3 is 13.9 Å². The van der Waals surface area contributed by atoms with Gasteiger partial charge in [-0.2, -0.15) is 0 Å². The maximum absolute atomic E-state index is 11.5. The molecule has 24 heavy (non-hydrogen) atoms. The highest BCUT2D eigenvalue weighted by Crippen LogP contribution is 2.24. The molecule has 0 aliphatic rings. The number of carbonyl (C=O) groups is 1. The molecule has 5 nitrogen and oxygen atoms in total. The fourth-order valence-electron chi connectivity index (χ4n) is 2.40. The molecule has 3 rings (SSSR count). The molecule has 0 aliphatic carbocycles. The van der Waals surface area contributed by atoms with E-state index in [4.69, 9.17) is 13.9 Å². The minimum atomic E-state index is -0.407. The lowest BCUT2D eigenvalue weighted by Crippen LogP contribution is -2.02. The molecule has 0 spiro atoms. The van der Waals surface area contributed by atoms with Crippen LogP contribution in [-0.4, -0.2) is 12.9 Å². The largest absolute Gasteiger partial charge is 0.496 e. The lowest BCUT2D eigenvalue weighted by Gasteiger charge is -2.11. The number of Topliss-reactive ketones (excluding diaryl/α,β-unsaturated/α-hetero) is 1. The van der Waals surface area contributed by atoms with Gasteiger partial charge in [-0.25, -0.2) is 4.79 Å². The number of benzene rings is 2. The van der Waals surface area contributed by atoms with E-state index in [2.05, 4.69) is 0 Å². The molecule has 0 aliphatic heterocycles. The van der Waals surface area contributed by atoms with Crippen molar-refractivity contribution in [2.24, 2.45) is 0 Å². The molecule has 122 valence electrons. The molecule has 0 saturated heterocycles. The summed E-state index contributed by atoms with van der Waals surface area (Å²) in [7, 11) is 1.57. The Morgan fingerprint density at radius 2 is 1.88 bits per heavy atom. The van der Waals surface area contributed by atoms with E-state index in [0.717, 1.165) is 10.9 Å². The van der Waals surface area contributed by atoms with Gasteiger partial charge in [0.1, 0.15) is 23.7 Å². The van der Waals surface area contributed by atoms with E-state index < -0.39 is 5.63 Å². The molecule has 5 heteroatoms. The van der Waals surface area contributed by atoms with Gasteiger partial charge in [-0.1, -0.05) is 0 Å². The predicted octanol–water partition coefficient (Wildman–Crippen LogP) is 3.58. The van der Waals surface area contributed by atoms with Crippen molar-refractivity contribution in [1.82, 2.24) is 0 Å². The smallest absolute Gasteiger partial charge is 0.336 e. The zero-order valence-corrected chi connectivity index (χ0v) is 13.4. The first-order valence-corrected chi connectivity index (χ1v) is 7.41. The minimum Gasteiger partial charge on any atom is -0.496 e. The number of hydrogen-bond donors (Lipinski definition) is 0. The zero-order valence-electron chi connectivity index (χ0n) is 13.4. The van der Waals surface area contributed by atoms with Crippen LogP contribution in [0.5, 0.6) is 11.5 Å². The summed E-state index contributed by atoms with van der Waals surface area (Å²) in [5.74, 6) is 1.19. The second kappa shape index (κ2) is 6.58. The first-order chi connectivity index (χ1) is 11.6. The number of carbonyl (C=O) groups excluding carboxylic acids is 1. The summed E-state index contributed by atoms with van der Waals surface area (Å²) in [5.41, 5.74) is 1.42. The van der Waals surface area contributed by atoms with Gasteiger partial charge in [0.25, 0.3) is 0 Å². The van der Waals surface area contributed by atoms with Crippen LogP contribution in [0.4, 0.5) is 0 Å². The lowest BCUT2D eigenvalue weighted by atomic mass is 10.1. The molecule has 0 amide bonds. The number of fused-ring (bicyclic) bond motifs is 1. The Bertz CT molecular complexity index is 955. The molecule has 3 aromatic rings. The van der Waals surface area contributed by atoms with Crippen molar-refractivity contribution < 1.29 is 18.7 Å². The molecule has 0 unspecified atom stereocenters. The number of rotatable bonds is 5. The fraction of sp³-hybridized carbons (Fsp3) is 0.158. The molecule has 2 aromatic carbocycles. The van der Waals surface area contributed by atoms with Gasteiger partial charge in [0, 0.05) is 28.6 Å². The van der Waals surface area contributed by atoms with Crippen LogP contribution >= 0.6 is 0 Å². The Balaban J connectivity index is 1.86. The highest BCUT2D eigenvalue weighted by molar-refractivity contribution is 5.94. The molecule has 0 radical (unpaired) electrons. The summed E-state index contributed by atoms with van der Waals surface area (Å²) in [5, 5.41) is 0.818. The SMILES string of the molecule is COc1ccc(C(C)=O)cc1COc1ccc2ccc(=O)oc2c1. The van der Waals surface area contributed by atoms with E-state index >= 15 is 0 Å². The van der Waals surface area contributed by atoms with Crippen LogP contribution in [0.2, 0.25) is 0 Å². The quantitative estimate of drug-likeness (QED) is 0.530. The van der Waals surface area contributed by atoms with E-state index in [-0.39, 0.29) is 12.4 Å². The molecule has 0 saturated carbocycles. The lowest BCUT2D eigenvalue weighted by molar-refractivity contribution is 0.101. The maximum Gasteiger partial charge on any atom is 0.336 e. The summed E-state index contributed by atoms with van der Waals surface area (Å²) in [6.45, 7) is 1.74. The van der Waals surface area contributed by atoms with Crippen LogP contribution in [0.3, 0.4) is 0 Å². The van der Waals surface area contributed by atoms with E-state index in [1.165, 1.54) is 13.0 Å². The third kappa shape index (κ3) is 3.30. The number of hydrogen-bond acceptors (Lipinski definition) is 5. The van der Waals surface area contributed by atoms with Crippen LogP contribution < -0.4 is 15.1 Å². The topological polar surface area (TPSA) is 65.7 Å². The first kappa shape index (κ1) is 15.8. The Kier molecular flexibility index (Phi) is 4.33. The van der Waals surface area contributed by atoms with Gasteiger partial charge >= 0.3 is 5.63 Å². The first-order valence-electron chi connectivity index (χ1n) is 7.41. The van der Waals surface area contributed by atoms with Crippen LogP contribution in [0.1, 0.15) is 22.8 Å². The molecule has 1 aromatic heterocycles. The Labute approximate surface area is 138 Å². The summed E-state index contributed by atoms with van der Waals surface area (Å²) in [6.07, 6.45) is 0. The van der Waals surface area contributed by atoms with Crippen molar-refractivity contribution in [3.05, 3.63) is 70.1 Å². The number of methoxy groups -OCH3 is 1. The van der Waals surface area contributed by atoms with Crippen LogP contribution in [0.15, 0.2) is 57.7 Å². The van der Waals surface area contributed by atoms with Gasteiger partial charge in [-0.15, -0.1) is 0 Å². The molecule has 0 bridgehead atoms.